The average Bonchev–Trinajstić information content (AvgIpc) is 2.50. The molecule has 0 amide bonds. The van der Waals surface area contributed by atoms with E-state index >= 15 is 0 Å². The summed E-state index contributed by atoms with van der Waals surface area (Å²) in [6.45, 7) is 4.14. The normalized spacial score (nSPS) is 16.3. The molecule has 1 aliphatic rings. The van der Waals surface area contributed by atoms with Gasteiger partial charge in [-0.3, -0.25) is 14.5 Å². The zero-order valence-corrected chi connectivity index (χ0v) is 13.3. The molecule has 0 bridgehead atoms. The molecule has 2 rings (SSSR count). The van der Waals surface area contributed by atoms with Gasteiger partial charge >= 0.3 is 5.97 Å². The van der Waals surface area contributed by atoms with Crippen molar-refractivity contribution in [3.8, 4) is 5.75 Å². The third kappa shape index (κ3) is 4.71. The van der Waals surface area contributed by atoms with Gasteiger partial charge in [0, 0.05) is 18.7 Å². The molecule has 1 heterocycles. The number of esters is 1. The summed E-state index contributed by atoms with van der Waals surface area (Å²) in [6, 6.07) is 5.07. The molecule has 22 heavy (non-hydrogen) atoms. The van der Waals surface area contributed by atoms with Crippen molar-refractivity contribution in [2.24, 2.45) is 0 Å². The summed E-state index contributed by atoms with van der Waals surface area (Å²) >= 11 is 5.99. The van der Waals surface area contributed by atoms with Crippen LogP contribution in [0.3, 0.4) is 0 Å². The summed E-state index contributed by atoms with van der Waals surface area (Å²) in [5.41, 5.74) is 0.457. The van der Waals surface area contributed by atoms with Crippen LogP contribution in [0.15, 0.2) is 18.2 Å². The van der Waals surface area contributed by atoms with Gasteiger partial charge in [0.05, 0.1) is 18.2 Å². The minimum Gasteiger partial charge on any atom is -0.490 e. The number of likely N-dealkylation sites (tertiary alicyclic amines) is 1. The van der Waals surface area contributed by atoms with Crippen molar-refractivity contribution in [1.29, 1.82) is 0 Å². The van der Waals surface area contributed by atoms with Gasteiger partial charge in [-0.05, 0) is 38.0 Å². The topological polar surface area (TPSA) is 55.8 Å². The number of rotatable bonds is 6. The van der Waals surface area contributed by atoms with Gasteiger partial charge in [-0.2, -0.15) is 0 Å². The zero-order chi connectivity index (χ0) is 15.9. The van der Waals surface area contributed by atoms with Gasteiger partial charge in [-0.1, -0.05) is 11.6 Å². The molecule has 0 N–H and O–H groups in total. The Morgan fingerprint density at radius 1 is 1.41 bits per heavy atom. The highest BCUT2D eigenvalue weighted by Gasteiger charge is 2.22. The monoisotopic (exact) mass is 325 g/mol. The Bertz CT molecular complexity index is 527. The molecule has 120 valence electrons. The van der Waals surface area contributed by atoms with Crippen molar-refractivity contribution in [2.75, 3.05) is 26.2 Å². The number of carbonyl (C=O) groups is 2. The SMILES string of the molecule is CCOC(=O)CN1CCC(Oc2ccc(C=O)c(Cl)c2)CC1. The molecule has 6 heteroatoms. The van der Waals surface area contributed by atoms with E-state index in [1.807, 2.05) is 0 Å². The fourth-order valence-electron chi connectivity index (χ4n) is 2.44. The standard InChI is InChI=1S/C16H20ClNO4/c1-2-21-16(20)10-18-7-5-13(6-8-18)22-14-4-3-12(11-19)15(17)9-14/h3-4,9,11,13H,2,5-8,10H2,1H3. The average molecular weight is 326 g/mol. The van der Waals surface area contributed by atoms with E-state index in [4.69, 9.17) is 21.1 Å². The van der Waals surface area contributed by atoms with Crippen LogP contribution in [-0.4, -0.2) is 49.5 Å². The van der Waals surface area contributed by atoms with Gasteiger partial charge in [0.1, 0.15) is 11.9 Å². The Hall–Kier alpha value is -1.59. The number of nitrogens with zero attached hydrogens (tertiary/aromatic N) is 1. The molecule has 0 atom stereocenters. The molecule has 5 nitrogen and oxygen atoms in total. The first-order valence-corrected chi connectivity index (χ1v) is 7.79. The van der Waals surface area contributed by atoms with Crippen LogP contribution < -0.4 is 4.74 Å². The summed E-state index contributed by atoms with van der Waals surface area (Å²) in [7, 11) is 0. The van der Waals surface area contributed by atoms with Crippen molar-refractivity contribution >= 4 is 23.9 Å². The van der Waals surface area contributed by atoms with Gasteiger partial charge in [-0.15, -0.1) is 0 Å². The molecule has 0 spiro atoms. The third-order valence-electron chi connectivity index (χ3n) is 3.59. The number of hydrogen-bond acceptors (Lipinski definition) is 5. The molecule has 1 aromatic carbocycles. The van der Waals surface area contributed by atoms with Gasteiger partial charge in [0.15, 0.2) is 6.29 Å². The number of carbonyl (C=O) groups excluding carboxylic acids is 2. The minimum absolute atomic E-state index is 0.0941. The number of hydrogen-bond donors (Lipinski definition) is 0. The molecular weight excluding hydrogens is 306 g/mol. The van der Waals surface area contributed by atoms with Crippen LogP contribution in [0.4, 0.5) is 0 Å². The molecule has 0 saturated carbocycles. The maximum absolute atomic E-state index is 11.4. The second-order valence-corrected chi connectivity index (χ2v) is 5.61. The summed E-state index contributed by atoms with van der Waals surface area (Å²) in [6.07, 6.45) is 2.50. The van der Waals surface area contributed by atoms with E-state index in [0.717, 1.165) is 32.2 Å². The second-order valence-electron chi connectivity index (χ2n) is 5.20. The Balaban J connectivity index is 1.81. The first-order valence-electron chi connectivity index (χ1n) is 7.41. The Morgan fingerprint density at radius 3 is 2.73 bits per heavy atom. The van der Waals surface area contributed by atoms with Gasteiger partial charge < -0.3 is 9.47 Å². The van der Waals surface area contributed by atoms with Gasteiger partial charge in [0.25, 0.3) is 0 Å². The highest BCUT2D eigenvalue weighted by Crippen LogP contribution is 2.24. The Kier molecular flexibility index (Phi) is 6.21. The van der Waals surface area contributed by atoms with Gasteiger partial charge in [0.2, 0.25) is 0 Å². The molecule has 1 aliphatic heterocycles. The lowest BCUT2D eigenvalue weighted by Crippen LogP contribution is -2.41. The smallest absolute Gasteiger partial charge is 0.320 e. The fraction of sp³-hybridized carbons (Fsp3) is 0.500. The number of halogens is 1. The van der Waals surface area contributed by atoms with E-state index < -0.39 is 0 Å². The van der Waals surface area contributed by atoms with E-state index in [9.17, 15) is 9.59 Å². The molecule has 1 saturated heterocycles. The predicted molar refractivity (Wildman–Crippen MR) is 83.6 cm³/mol. The summed E-state index contributed by atoms with van der Waals surface area (Å²) in [4.78, 5) is 24.2. The lowest BCUT2D eigenvalue weighted by molar-refractivity contribution is -0.144. The minimum atomic E-state index is -0.182. The molecule has 0 aromatic heterocycles. The summed E-state index contributed by atoms with van der Waals surface area (Å²) < 4.78 is 10.8. The van der Waals surface area contributed by atoms with Crippen molar-refractivity contribution in [1.82, 2.24) is 4.90 Å². The number of ether oxygens (including phenoxy) is 2. The summed E-state index contributed by atoms with van der Waals surface area (Å²) in [5, 5.41) is 0.396. The van der Waals surface area contributed by atoms with Crippen molar-refractivity contribution < 1.29 is 19.1 Å². The van der Waals surface area contributed by atoms with Crippen LogP contribution in [0.1, 0.15) is 30.1 Å². The van der Waals surface area contributed by atoms with Crippen LogP contribution in [-0.2, 0) is 9.53 Å². The summed E-state index contributed by atoms with van der Waals surface area (Å²) in [5.74, 6) is 0.484. The quantitative estimate of drug-likeness (QED) is 0.594. The lowest BCUT2D eigenvalue weighted by atomic mass is 10.1. The molecule has 0 unspecified atom stereocenters. The van der Waals surface area contributed by atoms with Crippen molar-refractivity contribution in [3.05, 3.63) is 28.8 Å². The number of benzene rings is 1. The van der Waals surface area contributed by atoms with Gasteiger partial charge in [-0.25, -0.2) is 0 Å². The maximum Gasteiger partial charge on any atom is 0.320 e. The molecule has 1 fully saturated rings. The highest BCUT2D eigenvalue weighted by atomic mass is 35.5. The zero-order valence-electron chi connectivity index (χ0n) is 12.6. The molecule has 0 radical (unpaired) electrons. The van der Waals surface area contributed by atoms with E-state index in [2.05, 4.69) is 4.90 Å². The first-order chi connectivity index (χ1) is 10.6. The largest absolute Gasteiger partial charge is 0.490 e. The van der Waals surface area contributed by atoms with E-state index in [-0.39, 0.29) is 12.1 Å². The third-order valence-corrected chi connectivity index (χ3v) is 3.92. The predicted octanol–water partition coefficient (Wildman–Crippen LogP) is 2.56. The van der Waals surface area contributed by atoms with E-state index in [0.29, 0.717) is 29.5 Å². The van der Waals surface area contributed by atoms with Crippen LogP contribution in [0, 0.1) is 0 Å². The molecule has 1 aromatic rings. The lowest BCUT2D eigenvalue weighted by Gasteiger charge is -2.31. The van der Waals surface area contributed by atoms with Crippen LogP contribution in [0.2, 0.25) is 5.02 Å². The van der Waals surface area contributed by atoms with Crippen LogP contribution in [0.25, 0.3) is 0 Å². The van der Waals surface area contributed by atoms with Crippen molar-refractivity contribution in [3.63, 3.8) is 0 Å². The highest BCUT2D eigenvalue weighted by molar-refractivity contribution is 6.33. The van der Waals surface area contributed by atoms with E-state index in [1.54, 1.807) is 25.1 Å². The number of aldehydes is 1. The van der Waals surface area contributed by atoms with Crippen molar-refractivity contribution in [2.45, 2.75) is 25.9 Å². The second kappa shape index (κ2) is 8.15. The van der Waals surface area contributed by atoms with Crippen LogP contribution in [0.5, 0.6) is 5.75 Å². The Labute approximate surface area is 135 Å². The Morgan fingerprint density at radius 2 is 2.14 bits per heavy atom. The van der Waals surface area contributed by atoms with E-state index in [1.165, 1.54) is 0 Å². The first kappa shape index (κ1) is 16.8. The molecule has 0 aliphatic carbocycles. The fourth-order valence-corrected chi connectivity index (χ4v) is 2.66. The maximum atomic E-state index is 11.4. The molecular formula is C16H20ClNO4. The number of piperidine rings is 1. The van der Waals surface area contributed by atoms with Crippen LogP contribution >= 0.6 is 11.6 Å².